The molecule has 1 aliphatic carbocycles. The molecular weight excluding hydrogens is 494 g/mol. The van der Waals surface area contributed by atoms with Crippen LogP contribution in [0.1, 0.15) is 50.4 Å². The second-order valence-corrected chi connectivity index (χ2v) is 9.96. The Bertz CT molecular complexity index is 1180. The number of aliphatic imine (C=N–C) groups is 1. The van der Waals surface area contributed by atoms with Crippen molar-refractivity contribution in [3.8, 4) is 11.8 Å². The van der Waals surface area contributed by atoms with Crippen molar-refractivity contribution in [2.24, 2.45) is 4.99 Å². The van der Waals surface area contributed by atoms with E-state index in [4.69, 9.17) is 27.9 Å². The first-order valence-corrected chi connectivity index (χ1v) is 10.9. The van der Waals surface area contributed by atoms with Crippen LogP contribution in [0, 0.1) is 11.3 Å². The first kappa shape index (κ1) is 25.8. The Kier molecular flexibility index (Phi) is 6.68. The van der Waals surface area contributed by atoms with Crippen LogP contribution in [0.5, 0.6) is 0 Å². The molecule has 0 saturated heterocycles. The Hall–Kier alpha value is -2.77. The Morgan fingerprint density at radius 1 is 1.26 bits per heavy atom. The molecule has 0 radical (unpaired) electrons. The number of halogens is 5. The van der Waals surface area contributed by atoms with Gasteiger partial charge in [-0.3, -0.25) is 4.79 Å². The fourth-order valence-electron chi connectivity index (χ4n) is 3.36. The molecule has 34 heavy (non-hydrogen) atoms. The number of nitriles is 1. The van der Waals surface area contributed by atoms with Gasteiger partial charge in [-0.1, -0.05) is 23.2 Å². The number of alkyl halides is 3. The minimum absolute atomic E-state index is 0.0529. The summed E-state index contributed by atoms with van der Waals surface area (Å²) in [7, 11) is 3.40. The molecule has 0 amide bonds. The van der Waals surface area contributed by atoms with Crippen LogP contribution in [-0.2, 0) is 21.1 Å². The van der Waals surface area contributed by atoms with Gasteiger partial charge in [0.2, 0.25) is 0 Å². The van der Waals surface area contributed by atoms with Crippen molar-refractivity contribution in [3.05, 3.63) is 39.0 Å². The Morgan fingerprint density at radius 2 is 1.82 bits per heavy atom. The predicted molar refractivity (Wildman–Crippen MR) is 122 cm³/mol. The zero-order chi connectivity index (χ0) is 25.6. The molecule has 0 spiro atoms. The normalized spacial score (nSPS) is 15.3. The average Bonchev–Trinajstić information content (AvgIpc) is 3.40. The molecule has 0 aliphatic heterocycles. The summed E-state index contributed by atoms with van der Waals surface area (Å²) >= 11 is 12.4. The highest BCUT2D eigenvalue weighted by atomic mass is 35.5. The number of hydrogen-bond donors (Lipinski definition) is 0. The van der Waals surface area contributed by atoms with Gasteiger partial charge in [0.15, 0.2) is 11.5 Å². The van der Waals surface area contributed by atoms with E-state index in [1.165, 1.54) is 6.34 Å². The number of aromatic nitrogens is 2. The maximum absolute atomic E-state index is 13.2. The fourth-order valence-corrected chi connectivity index (χ4v) is 4.01. The molecule has 1 fully saturated rings. The van der Waals surface area contributed by atoms with Gasteiger partial charge in [0.1, 0.15) is 17.4 Å². The Labute approximate surface area is 204 Å². The van der Waals surface area contributed by atoms with Crippen molar-refractivity contribution in [3.63, 3.8) is 0 Å². The smallest absolute Gasteiger partial charge is 0.416 e. The lowest BCUT2D eigenvalue weighted by Gasteiger charge is -2.24. The second-order valence-electron chi connectivity index (χ2n) is 9.15. The molecule has 0 unspecified atom stereocenters. The first-order valence-electron chi connectivity index (χ1n) is 10.1. The summed E-state index contributed by atoms with van der Waals surface area (Å²) in [5.74, 6) is -0.487. The topological polar surface area (TPSA) is 83.5 Å². The number of esters is 1. The lowest BCUT2D eigenvalue weighted by atomic mass is 9.95. The van der Waals surface area contributed by atoms with E-state index in [0.29, 0.717) is 12.8 Å². The number of carbonyl (C=O) groups excluding carboxylic acids is 1. The summed E-state index contributed by atoms with van der Waals surface area (Å²) in [5, 5.41) is 13.4. The minimum Gasteiger partial charge on any atom is -0.459 e. The van der Waals surface area contributed by atoms with E-state index >= 15 is 0 Å². The molecule has 182 valence electrons. The van der Waals surface area contributed by atoms with Gasteiger partial charge in [-0.25, -0.2) is 9.67 Å². The predicted octanol–water partition coefficient (Wildman–Crippen LogP) is 5.66. The van der Waals surface area contributed by atoms with E-state index in [-0.39, 0.29) is 32.8 Å². The maximum atomic E-state index is 13.2. The molecule has 1 heterocycles. The van der Waals surface area contributed by atoms with Crippen molar-refractivity contribution in [1.29, 1.82) is 5.26 Å². The van der Waals surface area contributed by atoms with Gasteiger partial charge >= 0.3 is 12.1 Å². The summed E-state index contributed by atoms with van der Waals surface area (Å²) < 4.78 is 46.3. The summed E-state index contributed by atoms with van der Waals surface area (Å²) in [5.41, 5.74) is -2.98. The molecular formula is C22H22Cl2F3N5O2. The van der Waals surface area contributed by atoms with Crippen molar-refractivity contribution >= 4 is 41.3 Å². The van der Waals surface area contributed by atoms with Crippen LogP contribution >= 0.6 is 23.2 Å². The van der Waals surface area contributed by atoms with Crippen LogP contribution in [0.25, 0.3) is 5.69 Å². The van der Waals surface area contributed by atoms with E-state index in [1.54, 1.807) is 39.8 Å². The molecule has 1 saturated carbocycles. The van der Waals surface area contributed by atoms with E-state index < -0.39 is 28.7 Å². The lowest BCUT2D eigenvalue weighted by molar-refractivity contribution is -0.158. The molecule has 12 heteroatoms. The highest BCUT2D eigenvalue weighted by Gasteiger charge is 2.57. The summed E-state index contributed by atoms with van der Waals surface area (Å²) in [6.07, 6.45) is -2.47. The Morgan fingerprint density at radius 3 is 2.24 bits per heavy atom. The summed E-state index contributed by atoms with van der Waals surface area (Å²) in [6, 6.07) is 3.40. The largest absolute Gasteiger partial charge is 0.459 e. The van der Waals surface area contributed by atoms with E-state index in [1.807, 2.05) is 6.07 Å². The molecule has 3 rings (SSSR count). The molecule has 1 aliphatic rings. The molecule has 1 aromatic carbocycles. The van der Waals surface area contributed by atoms with Crippen LogP contribution in [0.3, 0.4) is 0 Å². The van der Waals surface area contributed by atoms with Crippen molar-refractivity contribution in [2.75, 3.05) is 14.1 Å². The highest BCUT2D eigenvalue weighted by Crippen LogP contribution is 2.55. The number of rotatable bonds is 5. The third-order valence-electron chi connectivity index (χ3n) is 4.95. The molecule has 7 nitrogen and oxygen atoms in total. The van der Waals surface area contributed by atoms with Gasteiger partial charge in [0.05, 0.1) is 32.9 Å². The van der Waals surface area contributed by atoms with E-state index in [0.717, 1.165) is 16.8 Å². The van der Waals surface area contributed by atoms with Gasteiger partial charge in [-0.15, -0.1) is 0 Å². The van der Waals surface area contributed by atoms with Gasteiger partial charge in [-0.2, -0.15) is 23.5 Å². The zero-order valence-corrected chi connectivity index (χ0v) is 20.6. The Balaban J connectivity index is 2.29. The molecule has 0 N–H and O–H groups in total. The quantitative estimate of drug-likeness (QED) is 0.291. The third kappa shape index (κ3) is 5.00. The van der Waals surface area contributed by atoms with Crippen molar-refractivity contribution < 1.29 is 22.7 Å². The number of ether oxygens (including phenoxy) is 1. The van der Waals surface area contributed by atoms with E-state index in [9.17, 15) is 23.2 Å². The van der Waals surface area contributed by atoms with Crippen LogP contribution in [0.15, 0.2) is 17.1 Å². The standard InChI is InChI=1S/C22H22Cl2F3N5O2/c1-20(2,3)34-19(33)21(6-7-21)16-15(10-28)30-32(18(16)29-11-31(4)5)17-13(23)8-12(9-14(17)24)22(25,26)27/h8-9,11H,6-7H2,1-5H3/b29-11+. The van der Waals surface area contributed by atoms with Gasteiger partial charge in [0, 0.05) is 14.1 Å². The van der Waals surface area contributed by atoms with E-state index in [2.05, 4.69) is 10.1 Å². The average molecular weight is 516 g/mol. The number of hydrogen-bond acceptors (Lipinski definition) is 5. The van der Waals surface area contributed by atoms with Crippen LogP contribution in [0.2, 0.25) is 10.0 Å². The molecule has 0 bridgehead atoms. The van der Waals surface area contributed by atoms with Crippen LogP contribution < -0.4 is 0 Å². The van der Waals surface area contributed by atoms with Gasteiger partial charge in [-0.05, 0) is 45.7 Å². The van der Waals surface area contributed by atoms with Gasteiger partial charge in [0.25, 0.3) is 0 Å². The number of nitrogens with zero attached hydrogens (tertiary/aromatic N) is 5. The van der Waals surface area contributed by atoms with Crippen molar-refractivity contribution in [2.45, 2.75) is 50.8 Å². The van der Waals surface area contributed by atoms with Gasteiger partial charge < -0.3 is 9.64 Å². The molecule has 0 atom stereocenters. The zero-order valence-electron chi connectivity index (χ0n) is 19.1. The monoisotopic (exact) mass is 515 g/mol. The maximum Gasteiger partial charge on any atom is 0.416 e. The van der Waals surface area contributed by atoms with Crippen LogP contribution in [0.4, 0.5) is 19.0 Å². The summed E-state index contributed by atoms with van der Waals surface area (Å²) in [4.78, 5) is 19.1. The highest BCUT2D eigenvalue weighted by molar-refractivity contribution is 6.38. The second kappa shape index (κ2) is 8.78. The number of carbonyl (C=O) groups is 1. The minimum atomic E-state index is -4.67. The van der Waals surface area contributed by atoms with Crippen molar-refractivity contribution in [1.82, 2.24) is 14.7 Å². The third-order valence-corrected chi connectivity index (χ3v) is 5.53. The first-order chi connectivity index (χ1) is 15.6. The SMILES string of the molecule is CN(C)/C=N/c1c(C2(C(=O)OC(C)(C)C)CC2)c(C#N)nn1-c1c(Cl)cc(C(F)(F)F)cc1Cl. The number of benzene rings is 1. The molecule has 2 aromatic rings. The fraction of sp³-hybridized carbons (Fsp3) is 0.455. The molecule has 1 aromatic heterocycles. The summed E-state index contributed by atoms with van der Waals surface area (Å²) in [6.45, 7) is 5.17. The van der Waals surface area contributed by atoms with Crippen LogP contribution in [-0.4, -0.2) is 46.7 Å². The lowest BCUT2D eigenvalue weighted by Crippen LogP contribution is -2.32.